The Labute approximate surface area is 292 Å². The Morgan fingerprint density at radius 2 is 1.26 bits per heavy atom. The summed E-state index contributed by atoms with van der Waals surface area (Å²) in [5, 5.41) is 0. The average molecular weight is 731 g/mol. The van der Waals surface area contributed by atoms with Crippen LogP contribution in [0.15, 0.2) is 119 Å². The Hall–Kier alpha value is -2.97. The molecule has 0 saturated carbocycles. The van der Waals surface area contributed by atoms with E-state index >= 15 is 8.78 Å². The monoisotopic (exact) mass is 728 g/mol. The summed E-state index contributed by atoms with van der Waals surface area (Å²) in [7, 11) is 0. The van der Waals surface area contributed by atoms with Crippen LogP contribution in [0, 0.1) is 23.0 Å². The van der Waals surface area contributed by atoms with Crippen molar-refractivity contribution in [3.8, 4) is 11.1 Å². The topological polar surface area (TPSA) is 0 Å². The molecule has 0 radical (unpaired) electrons. The largest absolute Gasteiger partial charge is 1.00 e. The summed E-state index contributed by atoms with van der Waals surface area (Å²) in [6.45, 7) is 17.2. The summed E-state index contributed by atoms with van der Waals surface area (Å²) in [6.07, 6.45) is 9.70. The van der Waals surface area contributed by atoms with Crippen molar-refractivity contribution in [2.75, 3.05) is 0 Å². The van der Waals surface area contributed by atoms with E-state index in [1.165, 1.54) is 43.2 Å². The third kappa shape index (κ3) is 6.71. The number of allylic oxidation sites excluding steroid dienone is 4. The summed E-state index contributed by atoms with van der Waals surface area (Å²) in [6, 6.07) is 27.2. The molecule has 0 fully saturated rings. The number of hydrogen-bond acceptors (Lipinski definition) is 0. The second-order valence-corrected chi connectivity index (χ2v) is 18.9. The third-order valence-electron chi connectivity index (χ3n) is 9.03. The van der Waals surface area contributed by atoms with Gasteiger partial charge in [-0.25, -0.2) is 0 Å². The molecule has 0 aliphatic heterocycles. The summed E-state index contributed by atoms with van der Waals surface area (Å²) in [4.78, 5) is 0. The molecule has 1 unspecified atom stereocenters. The minimum absolute atomic E-state index is 0. The second kappa shape index (κ2) is 14.4. The van der Waals surface area contributed by atoms with Crippen LogP contribution in [0.3, 0.4) is 0 Å². The van der Waals surface area contributed by atoms with Gasteiger partial charge in [0.15, 0.2) is 0 Å². The van der Waals surface area contributed by atoms with Crippen LogP contribution in [-0.4, -0.2) is 3.21 Å². The number of benzene rings is 4. The fraction of sp³-hybridized carbons (Fsp3) is 0.195. The second-order valence-electron chi connectivity index (χ2n) is 12.8. The molecule has 0 amide bonds. The number of fused-ring (bicyclic) bond motifs is 3. The van der Waals surface area contributed by atoms with Gasteiger partial charge >= 0.3 is 270 Å². The van der Waals surface area contributed by atoms with Crippen LogP contribution in [0.1, 0.15) is 71.1 Å². The summed E-state index contributed by atoms with van der Waals surface area (Å²) >= 11 is -3.20. The zero-order valence-electron chi connectivity index (χ0n) is 26.7. The van der Waals surface area contributed by atoms with Crippen LogP contribution >= 0.6 is 0 Å². The minimum atomic E-state index is -3.20. The molecule has 0 heterocycles. The van der Waals surface area contributed by atoms with E-state index in [0.29, 0.717) is 0 Å². The first-order chi connectivity index (χ1) is 21.1. The van der Waals surface area contributed by atoms with Crippen molar-refractivity contribution in [3.63, 3.8) is 0 Å². The van der Waals surface area contributed by atoms with Gasteiger partial charge in [0, 0.05) is 0 Å². The van der Waals surface area contributed by atoms with Gasteiger partial charge in [0.2, 0.25) is 0 Å². The Morgan fingerprint density at radius 1 is 0.761 bits per heavy atom. The molecule has 234 valence electrons. The normalized spacial score (nSPS) is 14.8. The number of hydrogen-bond donors (Lipinski definition) is 0. The smallest absolute Gasteiger partial charge is 1.00 e. The maximum absolute atomic E-state index is 15.0. The van der Waals surface area contributed by atoms with E-state index in [1.807, 2.05) is 24.3 Å². The molecule has 0 aromatic heterocycles. The van der Waals surface area contributed by atoms with Gasteiger partial charge in [-0.3, -0.25) is 0 Å². The van der Waals surface area contributed by atoms with Gasteiger partial charge in [0.25, 0.3) is 0 Å². The predicted molar refractivity (Wildman–Crippen MR) is 179 cm³/mol. The molecule has 0 saturated heterocycles. The first-order valence-electron chi connectivity index (χ1n) is 15.4. The minimum Gasteiger partial charge on any atom is -1.00 e. The summed E-state index contributed by atoms with van der Waals surface area (Å²) in [5.74, 6) is -0.278. The van der Waals surface area contributed by atoms with Crippen LogP contribution in [0.25, 0.3) is 23.3 Å². The molecule has 2 aliphatic rings. The molecule has 0 spiro atoms. The van der Waals surface area contributed by atoms with Crippen LogP contribution in [0.2, 0.25) is 0 Å². The number of rotatable bonds is 7. The van der Waals surface area contributed by atoms with Crippen LogP contribution in [0.4, 0.5) is 8.78 Å². The van der Waals surface area contributed by atoms with E-state index in [-0.39, 0.29) is 51.4 Å². The molecule has 2 aliphatic carbocycles. The van der Waals surface area contributed by atoms with Gasteiger partial charge in [0.05, 0.1) is 0 Å². The average Bonchev–Trinajstić information content (AvgIpc) is 3.59. The van der Waals surface area contributed by atoms with Crippen molar-refractivity contribution in [2.24, 2.45) is 11.3 Å². The Balaban J connectivity index is 0.00000240. The van der Waals surface area contributed by atoms with Gasteiger partial charge in [-0.2, -0.15) is 0 Å². The van der Waals surface area contributed by atoms with Crippen molar-refractivity contribution in [1.29, 1.82) is 0 Å². The van der Waals surface area contributed by atoms with Crippen LogP contribution < -0.4 is 24.8 Å². The van der Waals surface area contributed by atoms with E-state index in [2.05, 4.69) is 89.4 Å². The maximum atomic E-state index is 15.0. The zero-order valence-corrected chi connectivity index (χ0v) is 30.7. The Kier molecular flexibility index (Phi) is 11.3. The fourth-order valence-corrected chi connectivity index (χ4v) is 16.5. The summed E-state index contributed by atoms with van der Waals surface area (Å²) in [5.41, 5.74) is 10.2. The van der Waals surface area contributed by atoms with E-state index in [1.54, 1.807) is 24.3 Å². The molecule has 0 nitrogen and oxygen atoms in total. The molecular weight excluding hydrogens is 693 g/mol. The molecular formula is C41H38Cl2F2Zr. The molecule has 0 N–H and O–H groups in total. The molecule has 46 heavy (non-hydrogen) atoms. The van der Waals surface area contributed by atoms with E-state index < -0.39 is 21.3 Å². The van der Waals surface area contributed by atoms with Gasteiger partial charge < -0.3 is 24.8 Å². The zero-order chi connectivity index (χ0) is 31.2. The van der Waals surface area contributed by atoms with Gasteiger partial charge in [-0.05, 0) is 0 Å². The Morgan fingerprint density at radius 3 is 1.67 bits per heavy atom. The molecule has 6 rings (SSSR count). The summed E-state index contributed by atoms with van der Waals surface area (Å²) < 4.78 is 32.8. The van der Waals surface area contributed by atoms with E-state index in [9.17, 15) is 0 Å². The first kappa shape index (κ1) is 35.9. The SMILES string of the molecule is C=Cc1ccc2c(c1)-c1cc(C=C)ccc1[CH]2[Zr+2]([C]1=CC(C(C)(C)C)=CC1CC)=[C](c1cccc(F)c1)c1cccc(F)c1.[Cl-].[Cl-]. The number of halogens is 4. The maximum Gasteiger partial charge on any atom is -1.00 e. The van der Waals surface area contributed by atoms with Crippen LogP contribution in [0.5, 0.6) is 0 Å². The van der Waals surface area contributed by atoms with Crippen molar-refractivity contribution in [2.45, 2.75) is 37.7 Å². The van der Waals surface area contributed by atoms with Crippen molar-refractivity contribution in [1.82, 2.24) is 0 Å². The van der Waals surface area contributed by atoms with Gasteiger partial charge in [-0.1, -0.05) is 0 Å². The van der Waals surface area contributed by atoms with Gasteiger partial charge in [-0.15, -0.1) is 0 Å². The molecule has 1 atom stereocenters. The third-order valence-corrected chi connectivity index (χ3v) is 17.5. The van der Waals surface area contributed by atoms with E-state index in [0.717, 1.165) is 31.9 Å². The fourth-order valence-electron chi connectivity index (χ4n) is 6.78. The molecule has 0 bridgehead atoms. The predicted octanol–water partition coefficient (Wildman–Crippen LogP) is 5.11. The quantitative estimate of drug-likeness (QED) is 0.248. The molecule has 5 heteroatoms. The van der Waals surface area contributed by atoms with E-state index in [4.69, 9.17) is 0 Å². The van der Waals surface area contributed by atoms with Crippen molar-refractivity contribution in [3.05, 3.63) is 164 Å². The molecule has 4 aromatic rings. The van der Waals surface area contributed by atoms with Gasteiger partial charge in [0.1, 0.15) is 0 Å². The standard InChI is InChI=1S/C17H13.C13H8F2.C11H17.2ClH.Zr/c1-3-12-5-7-14-11-15-8-6-13(4-2)10-17(15)16(14)9-12;14-12-5-1-3-10(8-12)7-11-4-2-6-13(15)9-11;1-5-9-6-7-10(8-9)11(2,3)4;;;/h3-11H,1-2H2;1-6,8-9H;7-9H,5H2,1-4H3;2*1H;/q;;;;;+2/p-2. The Bertz CT molecular complexity index is 1800. The molecule has 4 aromatic carbocycles. The van der Waals surface area contributed by atoms with Crippen LogP contribution in [-0.2, 0) is 21.3 Å². The van der Waals surface area contributed by atoms with Crippen molar-refractivity contribution < 1.29 is 54.9 Å². The first-order valence-corrected chi connectivity index (χ1v) is 19.2. The van der Waals surface area contributed by atoms with Crippen molar-refractivity contribution >= 4 is 15.4 Å².